The molecule has 0 aliphatic carbocycles. The highest BCUT2D eigenvalue weighted by molar-refractivity contribution is 6.25. The average Bonchev–Trinajstić information content (AvgIpc) is 3.17. The number of hydrogen-bond acceptors (Lipinski definition) is 8. The van der Waals surface area contributed by atoms with Gasteiger partial charge < -0.3 is 15.0 Å². The Hall–Kier alpha value is -5.06. The zero-order chi connectivity index (χ0) is 27.4. The molecule has 5 amide bonds. The molecule has 11 nitrogen and oxygen atoms in total. The van der Waals surface area contributed by atoms with Crippen molar-refractivity contribution in [1.29, 1.82) is 0 Å². The van der Waals surface area contributed by atoms with E-state index in [1.807, 2.05) is 25.1 Å². The highest BCUT2D eigenvalue weighted by atomic mass is 16.5. The minimum absolute atomic E-state index is 0.0348. The van der Waals surface area contributed by atoms with E-state index in [9.17, 15) is 24.0 Å². The molecular weight excluding hydrogens is 502 g/mol. The first-order valence-electron chi connectivity index (χ1n) is 12.3. The van der Waals surface area contributed by atoms with Gasteiger partial charge in [-0.3, -0.25) is 39.2 Å². The Morgan fingerprint density at radius 2 is 1.82 bits per heavy atom. The van der Waals surface area contributed by atoms with Gasteiger partial charge in [0.2, 0.25) is 11.8 Å². The number of ether oxygens (including phenoxy) is 1. The van der Waals surface area contributed by atoms with Gasteiger partial charge in [0.15, 0.2) is 6.61 Å². The van der Waals surface area contributed by atoms with E-state index in [1.165, 1.54) is 11.0 Å². The van der Waals surface area contributed by atoms with E-state index >= 15 is 0 Å². The first kappa shape index (κ1) is 24.3. The second-order valence-electron chi connectivity index (χ2n) is 9.59. The molecule has 2 N–H and O–H groups in total. The first-order chi connectivity index (χ1) is 18.7. The fourth-order valence-corrected chi connectivity index (χ4v) is 5.14. The molecule has 11 heteroatoms. The lowest BCUT2D eigenvalue weighted by Crippen LogP contribution is -2.54. The molecule has 1 unspecified atom stereocenters. The van der Waals surface area contributed by atoms with Crippen LogP contribution in [-0.2, 0) is 14.4 Å². The molecule has 6 rings (SSSR count). The molecule has 2 aromatic carbocycles. The third kappa shape index (κ3) is 3.99. The summed E-state index contributed by atoms with van der Waals surface area (Å²) in [5.74, 6) is -2.00. The molecule has 4 heterocycles. The van der Waals surface area contributed by atoms with E-state index < -0.39 is 29.7 Å². The lowest BCUT2D eigenvalue weighted by molar-refractivity contribution is -0.136. The summed E-state index contributed by atoms with van der Waals surface area (Å²) in [5, 5.41) is 5.51. The summed E-state index contributed by atoms with van der Waals surface area (Å²) >= 11 is 0. The maximum atomic E-state index is 13.6. The number of rotatable bonds is 4. The maximum absolute atomic E-state index is 13.6. The van der Waals surface area contributed by atoms with Crippen molar-refractivity contribution in [2.45, 2.75) is 25.8 Å². The van der Waals surface area contributed by atoms with Gasteiger partial charge in [0.05, 0.1) is 22.5 Å². The topological polar surface area (TPSA) is 138 Å². The van der Waals surface area contributed by atoms with Crippen LogP contribution in [0.3, 0.4) is 0 Å². The number of carbonyl (C=O) groups is 5. The van der Waals surface area contributed by atoms with Gasteiger partial charge in [-0.05, 0) is 55.3 Å². The number of anilines is 3. The van der Waals surface area contributed by atoms with Crippen LogP contribution in [-0.4, -0.2) is 59.1 Å². The largest absolute Gasteiger partial charge is 0.482 e. The van der Waals surface area contributed by atoms with Gasteiger partial charge in [0.25, 0.3) is 17.7 Å². The van der Waals surface area contributed by atoms with Crippen LogP contribution in [0.2, 0.25) is 0 Å². The van der Waals surface area contributed by atoms with Crippen LogP contribution >= 0.6 is 0 Å². The van der Waals surface area contributed by atoms with Crippen molar-refractivity contribution < 1.29 is 28.7 Å². The molecule has 0 radical (unpaired) electrons. The normalized spacial score (nSPS) is 18.5. The number of amides is 5. The van der Waals surface area contributed by atoms with Gasteiger partial charge in [0.1, 0.15) is 11.8 Å². The molecule has 39 heavy (non-hydrogen) atoms. The second kappa shape index (κ2) is 9.05. The molecule has 0 bridgehead atoms. The number of piperidine rings is 1. The highest BCUT2D eigenvalue weighted by Crippen LogP contribution is 2.43. The Morgan fingerprint density at radius 1 is 1.00 bits per heavy atom. The molecule has 1 saturated heterocycles. The first-order valence-corrected chi connectivity index (χ1v) is 12.3. The van der Waals surface area contributed by atoms with Crippen molar-refractivity contribution >= 4 is 46.6 Å². The van der Waals surface area contributed by atoms with Crippen LogP contribution in [0.25, 0.3) is 11.1 Å². The highest BCUT2D eigenvalue weighted by Gasteiger charge is 2.45. The minimum atomic E-state index is -1.07. The summed E-state index contributed by atoms with van der Waals surface area (Å²) in [7, 11) is 1.66. The van der Waals surface area contributed by atoms with Crippen LogP contribution in [0.4, 0.5) is 17.1 Å². The number of likely N-dealkylation sites (N-methyl/N-ethyl adjacent to an activating group) is 1. The Balaban J connectivity index is 1.44. The van der Waals surface area contributed by atoms with E-state index in [2.05, 4.69) is 15.6 Å². The fourth-order valence-electron chi connectivity index (χ4n) is 5.14. The van der Waals surface area contributed by atoms with Gasteiger partial charge in [-0.25, -0.2) is 0 Å². The second-order valence-corrected chi connectivity index (χ2v) is 9.59. The predicted molar refractivity (Wildman–Crippen MR) is 140 cm³/mol. The van der Waals surface area contributed by atoms with Crippen LogP contribution < -0.4 is 20.3 Å². The number of nitrogens with zero attached hydrogens (tertiary/aromatic N) is 3. The number of aromatic nitrogens is 1. The van der Waals surface area contributed by atoms with Gasteiger partial charge in [0, 0.05) is 36.6 Å². The Morgan fingerprint density at radius 3 is 2.59 bits per heavy atom. The Bertz CT molecular complexity index is 1620. The van der Waals surface area contributed by atoms with Crippen molar-refractivity contribution in [1.82, 2.24) is 15.2 Å². The third-order valence-corrected chi connectivity index (χ3v) is 7.13. The number of hydrogen-bond donors (Lipinski definition) is 2. The van der Waals surface area contributed by atoms with Crippen LogP contribution in [0.5, 0.6) is 5.75 Å². The molecule has 3 aliphatic heterocycles. The molecular formula is C28H23N5O6. The minimum Gasteiger partial charge on any atom is -0.482 e. The lowest BCUT2D eigenvalue weighted by Gasteiger charge is -2.28. The number of nitrogens with one attached hydrogen (secondary N) is 2. The number of aryl methyl sites for hydroxylation is 1. The number of imide groups is 2. The van der Waals surface area contributed by atoms with Crippen molar-refractivity contribution in [3.63, 3.8) is 0 Å². The van der Waals surface area contributed by atoms with Gasteiger partial charge in [-0.2, -0.15) is 0 Å². The number of carbonyl (C=O) groups excluding carboxylic acids is 5. The van der Waals surface area contributed by atoms with Gasteiger partial charge in [-0.1, -0.05) is 6.07 Å². The van der Waals surface area contributed by atoms with Crippen LogP contribution in [0, 0.1) is 6.92 Å². The smallest absolute Gasteiger partial charge is 0.264 e. The van der Waals surface area contributed by atoms with Crippen LogP contribution in [0.1, 0.15) is 39.3 Å². The van der Waals surface area contributed by atoms with Crippen molar-refractivity contribution in [2.75, 3.05) is 23.9 Å². The van der Waals surface area contributed by atoms with Gasteiger partial charge in [-0.15, -0.1) is 0 Å². The van der Waals surface area contributed by atoms with Crippen molar-refractivity contribution in [3.8, 4) is 16.9 Å². The summed E-state index contributed by atoms with van der Waals surface area (Å²) in [6, 6.07) is 11.1. The molecule has 3 aliphatic rings. The van der Waals surface area contributed by atoms with Crippen LogP contribution in [0.15, 0.2) is 48.7 Å². The van der Waals surface area contributed by atoms with E-state index in [0.717, 1.165) is 21.7 Å². The molecule has 1 aromatic heterocycles. The van der Waals surface area contributed by atoms with E-state index in [4.69, 9.17) is 4.74 Å². The molecule has 196 valence electrons. The zero-order valence-corrected chi connectivity index (χ0v) is 21.1. The van der Waals surface area contributed by atoms with Gasteiger partial charge >= 0.3 is 0 Å². The Kier molecular flexibility index (Phi) is 5.63. The van der Waals surface area contributed by atoms with E-state index in [-0.39, 0.29) is 36.5 Å². The molecule has 3 aromatic rings. The average molecular weight is 526 g/mol. The summed E-state index contributed by atoms with van der Waals surface area (Å²) < 4.78 is 5.71. The number of benzene rings is 2. The zero-order valence-electron chi connectivity index (χ0n) is 21.1. The molecule has 1 fully saturated rings. The maximum Gasteiger partial charge on any atom is 0.264 e. The summed E-state index contributed by atoms with van der Waals surface area (Å²) in [4.78, 5) is 70.0. The number of fused-ring (bicyclic) bond motifs is 2. The standard InChI is InChI=1S/C28H23N5O6/c1-14-10-15(8-9-29-14)17-11-22-21(32(2)24(35)13-39-22)12-19(17)30-18-5-3-4-16-25(18)28(38)33(27(16)37)20-6-7-23(34)31-26(20)36/h3-5,8-12,20,30H,6-7,13H2,1-2H3,(H,31,34,36). The quantitative estimate of drug-likeness (QED) is 0.496. The van der Waals surface area contributed by atoms with E-state index in [1.54, 1.807) is 31.4 Å². The summed E-state index contributed by atoms with van der Waals surface area (Å²) in [6.45, 7) is 1.79. The van der Waals surface area contributed by atoms with Crippen molar-refractivity contribution in [3.05, 3.63) is 65.5 Å². The van der Waals surface area contributed by atoms with Crippen molar-refractivity contribution in [2.24, 2.45) is 0 Å². The summed E-state index contributed by atoms with van der Waals surface area (Å²) in [6.07, 6.45) is 1.79. The Labute approximate surface area is 222 Å². The SMILES string of the molecule is Cc1cc(-c2cc3c(cc2Nc2cccc4c2C(=O)N(C2CCC(=O)NC2=O)C4=O)N(C)C(=O)CO3)ccn1. The fraction of sp³-hybridized carbons (Fsp3) is 0.214. The molecule has 0 spiro atoms. The monoisotopic (exact) mass is 525 g/mol. The molecule has 1 atom stereocenters. The lowest BCUT2D eigenvalue weighted by atomic mass is 10.0. The summed E-state index contributed by atoms with van der Waals surface area (Å²) in [5.41, 5.74) is 4.12. The molecule has 0 saturated carbocycles. The third-order valence-electron chi connectivity index (χ3n) is 7.13. The number of pyridine rings is 1. The predicted octanol–water partition coefficient (Wildman–Crippen LogP) is 2.56. The van der Waals surface area contributed by atoms with E-state index in [0.29, 0.717) is 22.8 Å².